The number of H-pyrrole nitrogens is 1. The summed E-state index contributed by atoms with van der Waals surface area (Å²) >= 11 is 1.33. The number of rotatable bonds is 8. The van der Waals surface area contributed by atoms with Crippen molar-refractivity contribution in [1.29, 1.82) is 0 Å². The number of aromatic amines is 1. The minimum atomic E-state index is -0.435. The molecule has 48 heavy (non-hydrogen) atoms. The van der Waals surface area contributed by atoms with Crippen LogP contribution in [0.3, 0.4) is 0 Å². The topological polar surface area (TPSA) is 96.5 Å². The van der Waals surface area contributed by atoms with E-state index in [1.54, 1.807) is 17.0 Å². The molecule has 7 aromatic rings. The number of carbonyl (C=O) groups excluding carboxylic acids is 1. The highest BCUT2D eigenvalue weighted by Crippen LogP contribution is 2.37. The third-order valence-electron chi connectivity index (χ3n) is 8.78. The first-order chi connectivity index (χ1) is 23.5. The average Bonchev–Trinajstić information content (AvgIpc) is 3.77. The lowest BCUT2D eigenvalue weighted by Crippen LogP contribution is -2.31. The molecule has 8 nitrogen and oxygen atoms in total. The fourth-order valence-corrected chi connectivity index (χ4v) is 7.41. The van der Waals surface area contributed by atoms with Gasteiger partial charge in [-0.2, -0.15) is 0 Å². The summed E-state index contributed by atoms with van der Waals surface area (Å²) in [5.74, 6) is -0.119. The summed E-state index contributed by atoms with van der Waals surface area (Å²) in [6.07, 6.45) is 6.71. The van der Waals surface area contributed by atoms with Gasteiger partial charge < -0.3 is 9.55 Å². The number of nitro benzene ring substituents is 1. The van der Waals surface area contributed by atoms with Crippen molar-refractivity contribution < 1.29 is 9.72 Å². The van der Waals surface area contributed by atoms with E-state index in [1.807, 2.05) is 42.6 Å². The molecule has 0 unspecified atom stereocenters. The number of nitrogens with zero attached hydrogens (tertiary/aromatic N) is 4. The third kappa shape index (κ3) is 5.54. The molecule has 1 aliphatic heterocycles. The van der Waals surface area contributed by atoms with Crippen molar-refractivity contribution in [2.45, 2.75) is 13.0 Å². The van der Waals surface area contributed by atoms with Gasteiger partial charge in [-0.3, -0.25) is 19.8 Å². The third-order valence-corrected chi connectivity index (χ3v) is 9.79. The minimum absolute atomic E-state index is 0.00855. The van der Waals surface area contributed by atoms with E-state index in [2.05, 4.69) is 76.4 Å². The SMILES string of the molecule is O=C1/C(=C/c2cn(Cc3cccc4ccccc34)c3ccccc23)SC(=Nc2ccc([N+](=O)[O-])cc2)N1CCc1c[nH]c2ccccc12. The Labute approximate surface area is 280 Å². The summed E-state index contributed by atoms with van der Waals surface area (Å²) in [5, 5.41) is 16.4. The Kier molecular flexibility index (Phi) is 7.58. The van der Waals surface area contributed by atoms with Crippen LogP contribution in [0, 0.1) is 10.1 Å². The van der Waals surface area contributed by atoms with E-state index in [0.717, 1.165) is 32.9 Å². The number of carbonyl (C=O) groups is 1. The molecule has 1 N–H and O–H groups in total. The number of aliphatic imine (C=N–C) groups is 1. The maximum absolute atomic E-state index is 14.1. The number of amidine groups is 1. The van der Waals surface area contributed by atoms with Crippen LogP contribution < -0.4 is 0 Å². The molecule has 0 radical (unpaired) electrons. The highest BCUT2D eigenvalue weighted by molar-refractivity contribution is 8.18. The van der Waals surface area contributed by atoms with Crippen molar-refractivity contribution in [3.8, 4) is 0 Å². The summed E-state index contributed by atoms with van der Waals surface area (Å²) in [7, 11) is 0. The van der Waals surface area contributed by atoms with E-state index in [4.69, 9.17) is 4.99 Å². The Morgan fingerprint density at radius 3 is 2.38 bits per heavy atom. The predicted molar refractivity (Wildman–Crippen MR) is 194 cm³/mol. The molecule has 0 atom stereocenters. The standard InChI is InChI=1S/C39H29N5O3S/c45-38-37(22-29-25-42(36-15-6-4-13-34(29)36)24-28-10-7-9-26-8-1-2-11-32(26)28)48-39(41-30-16-18-31(19-17-30)44(46)47)43(38)21-20-27-23-40-35-14-5-3-12-33(27)35/h1-19,22-23,25,40H,20-21,24H2/b37-22-,41-39?. The lowest BCUT2D eigenvalue weighted by atomic mass is 10.0. The number of fused-ring (bicyclic) bond motifs is 3. The van der Waals surface area contributed by atoms with Crippen LogP contribution in [0.2, 0.25) is 0 Å². The molecule has 3 heterocycles. The zero-order valence-corrected chi connectivity index (χ0v) is 26.6. The molecule has 1 saturated heterocycles. The highest BCUT2D eigenvalue weighted by atomic mass is 32.2. The Balaban J connectivity index is 1.15. The minimum Gasteiger partial charge on any atom is -0.361 e. The quantitative estimate of drug-likeness (QED) is 0.101. The van der Waals surface area contributed by atoms with E-state index in [9.17, 15) is 14.9 Å². The van der Waals surface area contributed by atoms with Crippen molar-refractivity contribution >= 4 is 72.9 Å². The summed E-state index contributed by atoms with van der Waals surface area (Å²) < 4.78 is 2.24. The number of para-hydroxylation sites is 2. The highest BCUT2D eigenvalue weighted by Gasteiger charge is 2.33. The molecular weight excluding hydrogens is 619 g/mol. The second kappa shape index (κ2) is 12.4. The van der Waals surface area contributed by atoms with E-state index in [0.29, 0.717) is 35.3 Å². The summed E-state index contributed by atoms with van der Waals surface area (Å²) in [5.41, 5.74) is 5.97. The van der Waals surface area contributed by atoms with Crippen molar-refractivity contribution in [2.75, 3.05) is 6.54 Å². The number of hydrogen-bond donors (Lipinski definition) is 1. The van der Waals surface area contributed by atoms with Gasteiger partial charge in [-0.25, -0.2) is 4.99 Å². The lowest BCUT2D eigenvalue weighted by Gasteiger charge is -2.15. The fourth-order valence-electron chi connectivity index (χ4n) is 6.39. The van der Waals surface area contributed by atoms with Crippen LogP contribution in [-0.2, 0) is 17.8 Å². The summed E-state index contributed by atoms with van der Waals surface area (Å²) in [6, 6.07) is 37.2. The van der Waals surface area contributed by atoms with Gasteiger partial charge in [0.2, 0.25) is 0 Å². The molecule has 9 heteroatoms. The fraction of sp³-hybridized carbons (Fsp3) is 0.0769. The Morgan fingerprint density at radius 1 is 0.812 bits per heavy atom. The summed E-state index contributed by atoms with van der Waals surface area (Å²) in [4.78, 5) is 35.3. The number of hydrogen-bond acceptors (Lipinski definition) is 5. The molecule has 1 aliphatic rings. The molecule has 0 bridgehead atoms. The van der Waals surface area contributed by atoms with Gasteiger partial charge >= 0.3 is 0 Å². The van der Waals surface area contributed by atoms with Gasteiger partial charge in [-0.15, -0.1) is 0 Å². The lowest BCUT2D eigenvalue weighted by molar-refractivity contribution is -0.384. The molecule has 5 aromatic carbocycles. The first-order valence-electron chi connectivity index (χ1n) is 15.7. The van der Waals surface area contributed by atoms with Crippen LogP contribution in [-0.4, -0.2) is 37.0 Å². The predicted octanol–water partition coefficient (Wildman–Crippen LogP) is 9.08. The van der Waals surface area contributed by atoms with Crippen LogP contribution in [0.15, 0.2) is 138 Å². The Bertz CT molecular complexity index is 2420. The second-order valence-corrected chi connectivity index (χ2v) is 12.7. The number of amides is 1. The van der Waals surface area contributed by atoms with E-state index in [-0.39, 0.29) is 11.6 Å². The molecule has 0 aliphatic carbocycles. The van der Waals surface area contributed by atoms with E-state index in [1.165, 1.54) is 40.2 Å². The zero-order chi connectivity index (χ0) is 32.6. The Hall–Kier alpha value is -5.93. The molecule has 0 saturated carbocycles. The number of aromatic nitrogens is 2. The molecule has 234 valence electrons. The zero-order valence-electron chi connectivity index (χ0n) is 25.7. The molecule has 1 amide bonds. The van der Waals surface area contributed by atoms with Crippen molar-refractivity contribution in [3.63, 3.8) is 0 Å². The largest absolute Gasteiger partial charge is 0.361 e. The summed E-state index contributed by atoms with van der Waals surface area (Å²) in [6.45, 7) is 1.12. The first kappa shape index (κ1) is 29.5. The van der Waals surface area contributed by atoms with E-state index < -0.39 is 4.92 Å². The number of benzene rings is 5. The number of nitrogens with one attached hydrogen (secondary N) is 1. The number of thioether (sulfide) groups is 1. The number of non-ortho nitro benzene ring substituents is 1. The average molecular weight is 648 g/mol. The van der Waals surface area contributed by atoms with Gasteiger partial charge in [0.25, 0.3) is 11.6 Å². The van der Waals surface area contributed by atoms with Gasteiger partial charge in [0.1, 0.15) is 0 Å². The molecule has 2 aromatic heterocycles. The maximum Gasteiger partial charge on any atom is 0.269 e. The van der Waals surface area contributed by atoms with Gasteiger partial charge in [0.15, 0.2) is 5.17 Å². The van der Waals surface area contributed by atoms with Crippen LogP contribution in [0.25, 0.3) is 38.7 Å². The molecule has 0 spiro atoms. The van der Waals surface area contributed by atoms with Gasteiger partial charge in [0.05, 0.1) is 15.5 Å². The van der Waals surface area contributed by atoms with E-state index >= 15 is 0 Å². The second-order valence-electron chi connectivity index (χ2n) is 11.7. The van der Waals surface area contributed by atoms with Gasteiger partial charge in [-0.1, -0.05) is 78.9 Å². The maximum atomic E-state index is 14.1. The van der Waals surface area contributed by atoms with Gasteiger partial charge in [-0.05, 0) is 70.4 Å². The number of nitro groups is 1. The van der Waals surface area contributed by atoms with Crippen LogP contribution in [0.4, 0.5) is 11.4 Å². The normalized spacial score (nSPS) is 15.1. The van der Waals surface area contributed by atoms with Crippen molar-refractivity contribution in [3.05, 3.63) is 159 Å². The van der Waals surface area contributed by atoms with Gasteiger partial charge in [0, 0.05) is 65.0 Å². The monoisotopic (exact) mass is 647 g/mol. The van der Waals surface area contributed by atoms with Crippen molar-refractivity contribution in [2.24, 2.45) is 4.99 Å². The van der Waals surface area contributed by atoms with Crippen molar-refractivity contribution in [1.82, 2.24) is 14.5 Å². The molecule has 1 fully saturated rings. The smallest absolute Gasteiger partial charge is 0.269 e. The Morgan fingerprint density at radius 2 is 1.54 bits per heavy atom. The van der Waals surface area contributed by atoms with Crippen LogP contribution >= 0.6 is 11.8 Å². The van der Waals surface area contributed by atoms with Crippen LogP contribution in [0.5, 0.6) is 0 Å². The molecule has 8 rings (SSSR count). The first-order valence-corrected chi connectivity index (χ1v) is 16.5. The molecular formula is C39H29N5O3S. The van der Waals surface area contributed by atoms with Crippen LogP contribution in [0.1, 0.15) is 16.7 Å².